The molecule has 0 spiro atoms. The Kier molecular flexibility index (Phi) is 5.78. The van der Waals surface area contributed by atoms with Crippen LogP contribution < -0.4 is 5.32 Å². The van der Waals surface area contributed by atoms with Crippen LogP contribution in [-0.2, 0) is 16.6 Å². The van der Waals surface area contributed by atoms with Crippen molar-refractivity contribution >= 4 is 18.3 Å². The van der Waals surface area contributed by atoms with Crippen LogP contribution in [0.25, 0.3) is 0 Å². The molecule has 1 aromatic heterocycles. The summed E-state index contributed by atoms with van der Waals surface area (Å²) in [7, 11) is 5.33. The van der Waals surface area contributed by atoms with E-state index in [4.69, 9.17) is 4.74 Å². The number of amides is 1. The molecule has 1 aliphatic heterocycles. The van der Waals surface area contributed by atoms with E-state index >= 15 is 0 Å². The number of carbonyl (C=O) groups is 1. The number of nitrogens with one attached hydrogen (secondary N) is 1. The summed E-state index contributed by atoms with van der Waals surface area (Å²) in [6, 6.07) is -0.325. The summed E-state index contributed by atoms with van der Waals surface area (Å²) < 4.78 is 6.99. The smallest absolute Gasteiger partial charge is 0.244 e. The van der Waals surface area contributed by atoms with E-state index in [1.54, 1.807) is 25.0 Å². The number of aryl methyl sites for hydroxylation is 1. The Hall–Kier alpha value is -1.11. The van der Waals surface area contributed by atoms with Gasteiger partial charge in [0.2, 0.25) is 5.91 Å². The highest BCUT2D eigenvalue weighted by Crippen LogP contribution is 2.19. The highest BCUT2D eigenvalue weighted by Gasteiger charge is 2.31. The van der Waals surface area contributed by atoms with Crippen molar-refractivity contribution in [2.45, 2.75) is 18.6 Å². The third-order valence-corrected chi connectivity index (χ3v) is 3.38. The van der Waals surface area contributed by atoms with Crippen LogP contribution in [0, 0.1) is 0 Å². The second-order valence-corrected chi connectivity index (χ2v) is 4.60. The standard InChI is InChI=1S/C12H20N4O2.ClH/c1-13-11(9-6-14-15(2)7-9)12(17)16-5-4-10(8-16)18-3;/h6-7,10-11,13H,4-5,8H2,1-3H3;1H/t10-,11?;/m0./s1. The normalized spacial score (nSPS) is 20.2. The fourth-order valence-corrected chi connectivity index (χ4v) is 2.33. The van der Waals surface area contributed by atoms with Gasteiger partial charge in [0.25, 0.3) is 0 Å². The Balaban J connectivity index is 0.00000180. The van der Waals surface area contributed by atoms with Gasteiger partial charge < -0.3 is 15.0 Å². The van der Waals surface area contributed by atoms with Gasteiger partial charge in [-0.15, -0.1) is 12.4 Å². The number of likely N-dealkylation sites (tertiary alicyclic amines) is 1. The molecule has 1 amide bonds. The predicted octanol–water partition coefficient (Wildman–Crippen LogP) is 0.350. The summed E-state index contributed by atoms with van der Waals surface area (Å²) in [5.41, 5.74) is 0.894. The second-order valence-electron chi connectivity index (χ2n) is 4.60. The molecule has 6 nitrogen and oxygen atoms in total. The predicted molar refractivity (Wildman–Crippen MR) is 74.3 cm³/mol. The topological polar surface area (TPSA) is 59.4 Å². The molecule has 0 aliphatic carbocycles. The Bertz CT molecular complexity index is 424. The lowest BCUT2D eigenvalue weighted by Crippen LogP contribution is -2.39. The van der Waals surface area contributed by atoms with Gasteiger partial charge >= 0.3 is 0 Å². The molecule has 2 atom stereocenters. The molecule has 108 valence electrons. The number of hydrogen-bond acceptors (Lipinski definition) is 4. The zero-order valence-electron chi connectivity index (χ0n) is 11.5. The number of ether oxygens (including phenoxy) is 1. The molecule has 1 aliphatic rings. The van der Waals surface area contributed by atoms with Gasteiger partial charge in [-0.1, -0.05) is 0 Å². The fraction of sp³-hybridized carbons (Fsp3) is 0.667. The molecule has 0 radical (unpaired) electrons. The van der Waals surface area contributed by atoms with Gasteiger partial charge in [0.1, 0.15) is 6.04 Å². The van der Waals surface area contributed by atoms with Crippen molar-refractivity contribution in [3.8, 4) is 0 Å². The fourth-order valence-electron chi connectivity index (χ4n) is 2.33. The molecule has 2 heterocycles. The zero-order chi connectivity index (χ0) is 13.1. The van der Waals surface area contributed by atoms with Crippen LogP contribution >= 0.6 is 12.4 Å². The lowest BCUT2D eigenvalue weighted by atomic mass is 10.1. The van der Waals surface area contributed by atoms with Crippen molar-refractivity contribution in [3.05, 3.63) is 18.0 Å². The number of methoxy groups -OCH3 is 1. The summed E-state index contributed by atoms with van der Waals surface area (Å²) in [5.74, 6) is 0.0880. The van der Waals surface area contributed by atoms with Gasteiger partial charge in [-0.05, 0) is 13.5 Å². The molecule has 1 unspecified atom stereocenters. The van der Waals surface area contributed by atoms with E-state index in [2.05, 4.69) is 10.4 Å². The van der Waals surface area contributed by atoms with Crippen molar-refractivity contribution in [3.63, 3.8) is 0 Å². The number of hydrogen-bond donors (Lipinski definition) is 1. The van der Waals surface area contributed by atoms with Crippen molar-refractivity contribution < 1.29 is 9.53 Å². The van der Waals surface area contributed by atoms with E-state index in [9.17, 15) is 4.79 Å². The van der Waals surface area contributed by atoms with Gasteiger partial charge in [0.05, 0.1) is 12.3 Å². The van der Waals surface area contributed by atoms with Crippen LogP contribution in [0.2, 0.25) is 0 Å². The van der Waals surface area contributed by atoms with Gasteiger partial charge in [-0.3, -0.25) is 9.48 Å². The minimum absolute atomic E-state index is 0. The average Bonchev–Trinajstić information content (AvgIpc) is 2.99. The summed E-state index contributed by atoms with van der Waals surface area (Å²) in [5, 5.41) is 7.16. The molecular formula is C12H21ClN4O2. The Morgan fingerprint density at radius 1 is 1.63 bits per heavy atom. The summed E-state index contributed by atoms with van der Waals surface area (Å²) in [6.07, 6.45) is 4.66. The maximum absolute atomic E-state index is 12.4. The van der Waals surface area contributed by atoms with E-state index in [-0.39, 0.29) is 30.5 Å². The lowest BCUT2D eigenvalue weighted by Gasteiger charge is -2.22. The molecule has 19 heavy (non-hydrogen) atoms. The van der Waals surface area contributed by atoms with E-state index in [0.717, 1.165) is 18.5 Å². The number of aromatic nitrogens is 2. The number of carbonyl (C=O) groups excluding carboxylic acids is 1. The molecular weight excluding hydrogens is 268 g/mol. The Morgan fingerprint density at radius 3 is 2.84 bits per heavy atom. The molecule has 1 N–H and O–H groups in total. The van der Waals surface area contributed by atoms with E-state index in [1.807, 2.05) is 18.1 Å². The first-order chi connectivity index (χ1) is 8.65. The Morgan fingerprint density at radius 2 is 2.37 bits per heavy atom. The molecule has 1 fully saturated rings. The first-order valence-corrected chi connectivity index (χ1v) is 6.13. The third kappa shape index (κ3) is 3.46. The van der Waals surface area contributed by atoms with Crippen molar-refractivity contribution in [1.82, 2.24) is 20.0 Å². The Labute approximate surface area is 119 Å². The average molecular weight is 289 g/mol. The van der Waals surface area contributed by atoms with Crippen molar-refractivity contribution in [2.75, 3.05) is 27.2 Å². The van der Waals surface area contributed by atoms with Crippen molar-refractivity contribution in [1.29, 1.82) is 0 Å². The zero-order valence-corrected chi connectivity index (χ0v) is 12.3. The van der Waals surface area contributed by atoms with Gasteiger partial charge in [-0.25, -0.2) is 0 Å². The van der Waals surface area contributed by atoms with E-state index < -0.39 is 0 Å². The highest BCUT2D eigenvalue weighted by atomic mass is 35.5. The lowest BCUT2D eigenvalue weighted by molar-refractivity contribution is -0.132. The third-order valence-electron chi connectivity index (χ3n) is 3.38. The van der Waals surface area contributed by atoms with E-state index in [1.165, 1.54) is 0 Å². The minimum atomic E-state index is -0.325. The highest BCUT2D eigenvalue weighted by molar-refractivity contribution is 5.85. The molecule has 7 heteroatoms. The molecule has 0 aromatic carbocycles. The monoisotopic (exact) mass is 288 g/mol. The van der Waals surface area contributed by atoms with Crippen LogP contribution in [-0.4, -0.2) is 53.9 Å². The quantitative estimate of drug-likeness (QED) is 0.869. The number of likely N-dealkylation sites (N-methyl/N-ethyl adjacent to an activating group) is 1. The molecule has 0 saturated carbocycles. The van der Waals surface area contributed by atoms with Gasteiger partial charge in [-0.2, -0.15) is 5.10 Å². The first kappa shape index (κ1) is 15.9. The maximum Gasteiger partial charge on any atom is 0.244 e. The summed E-state index contributed by atoms with van der Waals surface area (Å²) in [6.45, 7) is 1.43. The van der Waals surface area contributed by atoms with Crippen LogP contribution in [0.1, 0.15) is 18.0 Å². The largest absolute Gasteiger partial charge is 0.380 e. The van der Waals surface area contributed by atoms with Crippen molar-refractivity contribution in [2.24, 2.45) is 7.05 Å². The second kappa shape index (κ2) is 6.88. The SMILES string of the molecule is CNC(C(=O)N1CC[C@H](OC)C1)c1cnn(C)c1.Cl. The first-order valence-electron chi connectivity index (χ1n) is 6.13. The summed E-state index contributed by atoms with van der Waals surface area (Å²) in [4.78, 5) is 14.3. The van der Waals surface area contributed by atoms with E-state index in [0.29, 0.717) is 6.54 Å². The molecule has 2 rings (SSSR count). The minimum Gasteiger partial charge on any atom is -0.380 e. The number of nitrogens with zero attached hydrogens (tertiary/aromatic N) is 3. The van der Waals surface area contributed by atoms with Gasteiger partial charge in [0.15, 0.2) is 0 Å². The summed E-state index contributed by atoms with van der Waals surface area (Å²) >= 11 is 0. The van der Waals surface area contributed by atoms with Crippen LogP contribution in [0.5, 0.6) is 0 Å². The van der Waals surface area contributed by atoms with Crippen LogP contribution in [0.4, 0.5) is 0 Å². The molecule has 0 bridgehead atoms. The molecule has 1 aromatic rings. The van der Waals surface area contributed by atoms with Crippen LogP contribution in [0.15, 0.2) is 12.4 Å². The number of rotatable bonds is 4. The number of halogens is 1. The molecule has 1 saturated heterocycles. The van der Waals surface area contributed by atoms with Gasteiger partial charge in [0, 0.05) is 39.0 Å². The van der Waals surface area contributed by atoms with Crippen LogP contribution in [0.3, 0.4) is 0 Å². The maximum atomic E-state index is 12.4.